The van der Waals surface area contributed by atoms with Crippen molar-refractivity contribution in [2.45, 2.75) is 19.5 Å². The molecule has 1 atom stereocenters. The topological polar surface area (TPSA) is 27.0 Å². The van der Waals surface area contributed by atoms with E-state index in [1.807, 2.05) is 29.6 Å². The average Bonchev–Trinajstić information content (AvgIpc) is 2.93. The SMILES string of the molecule is CCN(Cc1ccccc1)C(C#N)c1ccsc1. The van der Waals surface area contributed by atoms with Crippen LogP contribution in [-0.2, 0) is 6.54 Å². The summed E-state index contributed by atoms with van der Waals surface area (Å²) in [5.41, 5.74) is 2.34. The minimum Gasteiger partial charge on any atom is -0.280 e. The van der Waals surface area contributed by atoms with Crippen LogP contribution < -0.4 is 0 Å². The third kappa shape index (κ3) is 2.98. The Balaban J connectivity index is 2.15. The Morgan fingerprint density at radius 2 is 2.06 bits per heavy atom. The minimum atomic E-state index is -0.151. The zero-order valence-corrected chi connectivity index (χ0v) is 11.2. The molecule has 1 unspecified atom stereocenters. The van der Waals surface area contributed by atoms with E-state index in [1.54, 1.807) is 11.3 Å². The van der Waals surface area contributed by atoms with E-state index in [2.05, 4.69) is 35.4 Å². The van der Waals surface area contributed by atoms with Crippen molar-refractivity contribution in [2.75, 3.05) is 6.54 Å². The number of hydrogen-bond donors (Lipinski definition) is 0. The number of nitrogens with zero attached hydrogens (tertiary/aromatic N) is 2. The Hall–Kier alpha value is -1.63. The van der Waals surface area contributed by atoms with Crippen LogP contribution in [0.3, 0.4) is 0 Å². The predicted molar refractivity (Wildman–Crippen MR) is 75.2 cm³/mol. The van der Waals surface area contributed by atoms with E-state index in [9.17, 15) is 5.26 Å². The van der Waals surface area contributed by atoms with Crippen LogP contribution in [0.15, 0.2) is 47.2 Å². The van der Waals surface area contributed by atoms with Crippen LogP contribution >= 0.6 is 11.3 Å². The lowest BCUT2D eigenvalue weighted by Gasteiger charge is -2.25. The van der Waals surface area contributed by atoms with Crippen molar-refractivity contribution in [2.24, 2.45) is 0 Å². The third-order valence-electron chi connectivity index (χ3n) is 2.98. The van der Waals surface area contributed by atoms with Gasteiger partial charge in [-0.05, 0) is 34.5 Å². The highest BCUT2D eigenvalue weighted by atomic mass is 32.1. The van der Waals surface area contributed by atoms with Crippen molar-refractivity contribution in [1.29, 1.82) is 5.26 Å². The van der Waals surface area contributed by atoms with E-state index >= 15 is 0 Å². The summed E-state index contributed by atoms with van der Waals surface area (Å²) >= 11 is 1.64. The van der Waals surface area contributed by atoms with Gasteiger partial charge in [0, 0.05) is 6.54 Å². The molecule has 0 aliphatic heterocycles. The molecule has 3 heteroatoms. The van der Waals surface area contributed by atoms with Gasteiger partial charge in [0.1, 0.15) is 6.04 Å². The fourth-order valence-electron chi connectivity index (χ4n) is 2.00. The number of nitriles is 1. The maximum absolute atomic E-state index is 9.39. The van der Waals surface area contributed by atoms with Gasteiger partial charge < -0.3 is 0 Å². The van der Waals surface area contributed by atoms with Gasteiger partial charge in [-0.25, -0.2) is 0 Å². The number of thiophene rings is 1. The molecular weight excluding hydrogens is 240 g/mol. The molecule has 0 fully saturated rings. The van der Waals surface area contributed by atoms with Gasteiger partial charge >= 0.3 is 0 Å². The fraction of sp³-hybridized carbons (Fsp3) is 0.267. The van der Waals surface area contributed by atoms with Crippen molar-refractivity contribution >= 4 is 11.3 Å². The first kappa shape index (κ1) is 12.8. The van der Waals surface area contributed by atoms with Crippen LogP contribution in [-0.4, -0.2) is 11.4 Å². The largest absolute Gasteiger partial charge is 0.280 e. The molecule has 0 saturated carbocycles. The first-order chi connectivity index (χ1) is 8.85. The normalized spacial score (nSPS) is 12.3. The predicted octanol–water partition coefficient (Wildman–Crippen LogP) is 3.83. The molecule has 0 aliphatic carbocycles. The molecule has 92 valence electrons. The summed E-state index contributed by atoms with van der Waals surface area (Å²) in [5, 5.41) is 13.5. The van der Waals surface area contributed by atoms with E-state index in [0.29, 0.717) is 0 Å². The minimum absolute atomic E-state index is 0.151. The molecule has 1 heterocycles. The Labute approximate surface area is 112 Å². The first-order valence-corrected chi connectivity index (χ1v) is 6.99. The molecular formula is C15H16N2S. The van der Waals surface area contributed by atoms with Gasteiger partial charge in [-0.1, -0.05) is 37.3 Å². The second-order valence-electron chi connectivity index (χ2n) is 4.14. The molecule has 0 aliphatic rings. The van der Waals surface area contributed by atoms with Gasteiger partial charge in [-0.3, -0.25) is 4.90 Å². The molecule has 0 radical (unpaired) electrons. The molecule has 18 heavy (non-hydrogen) atoms. The van der Waals surface area contributed by atoms with Gasteiger partial charge in [0.25, 0.3) is 0 Å². The first-order valence-electron chi connectivity index (χ1n) is 6.05. The number of benzene rings is 1. The number of hydrogen-bond acceptors (Lipinski definition) is 3. The van der Waals surface area contributed by atoms with Crippen molar-refractivity contribution in [1.82, 2.24) is 4.90 Å². The molecule has 1 aromatic heterocycles. The molecule has 0 spiro atoms. The molecule has 1 aromatic carbocycles. The van der Waals surface area contributed by atoms with E-state index in [4.69, 9.17) is 0 Å². The highest BCUT2D eigenvalue weighted by molar-refractivity contribution is 7.08. The lowest BCUT2D eigenvalue weighted by Crippen LogP contribution is -2.27. The van der Waals surface area contributed by atoms with Gasteiger partial charge in [-0.2, -0.15) is 16.6 Å². The molecule has 2 nitrogen and oxygen atoms in total. The van der Waals surface area contributed by atoms with Crippen LogP contribution in [0.5, 0.6) is 0 Å². The van der Waals surface area contributed by atoms with Gasteiger partial charge in [0.05, 0.1) is 6.07 Å². The van der Waals surface area contributed by atoms with Crippen molar-refractivity contribution in [3.05, 3.63) is 58.3 Å². The molecule has 0 bridgehead atoms. The second-order valence-corrected chi connectivity index (χ2v) is 4.92. The molecule has 0 N–H and O–H groups in total. The summed E-state index contributed by atoms with van der Waals surface area (Å²) in [6.07, 6.45) is 0. The molecule has 0 saturated heterocycles. The van der Waals surface area contributed by atoms with Crippen LogP contribution in [0, 0.1) is 11.3 Å². The Bertz CT molecular complexity index is 499. The summed E-state index contributed by atoms with van der Waals surface area (Å²) in [7, 11) is 0. The van der Waals surface area contributed by atoms with Gasteiger partial charge in [0.2, 0.25) is 0 Å². The van der Waals surface area contributed by atoms with Crippen molar-refractivity contribution < 1.29 is 0 Å². The summed E-state index contributed by atoms with van der Waals surface area (Å²) in [5.74, 6) is 0. The monoisotopic (exact) mass is 256 g/mol. The highest BCUT2D eigenvalue weighted by Gasteiger charge is 2.18. The van der Waals surface area contributed by atoms with Gasteiger partial charge in [-0.15, -0.1) is 0 Å². The zero-order chi connectivity index (χ0) is 12.8. The maximum Gasteiger partial charge on any atom is 0.124 e. The summed E-state index contributed by atoms with van der Waals surface area (Å²) in [6, 6.07) is 14.6. The van der Waals surface area contributed by atoms with Crippen molar-refractivity contribution in [3.8, 4) is 6.07 Å². The summed E-state index contributed by atoms with van der Waals surface area (Å²) in [6.45, 7) is 3.77. The van der Waals surface area contributed by atoms with Crippen LogP contribution in [0.2, 0.25) is 0 Å². The summed E-state index contributed by atoms with van der Waals surface area (Å²) in [4.78, 5) is 2.19. The van der Waals surface area contributed by atoms with Gasteiger partial charge in [0.15, 0.2) is 0 Å². The lowest BCUT2D eigenvalue weighted by molar-refractivity contribution is 0.240. The molecule has 2 rings (SSSR count). The third-order valence-corrected chi connectivity index (χ3v) is 3.68. The average molecular weight is 256 g/mol. The van der Waals surface area contributed by atoms with Crippen LogP contribution in [0.25, 0.3) is 0 Å². The number of rotatable bonds is 5. The van der Waals surface area contributed by atoms with E-state index in [1.165, 1.54) is 5.56 Å². The fourth-order valence-corrected chi connectivity index (χ4v) is 2.68. The maximum atomic E-state index is 9.39. The van der Waals surface area contributed by atoms with E-state index in [-0.39, 0.29) is 6.04 Å². The zero-order valence-electron chi connectivity index (χ0n) is 10.4. The quantitative estimate of drug-likeness (QED) is 0.812. The highest BCUT2D eigenvalue weighted by Crippen LogP contribution is 2.23. The smallest absolute Gasteiger partial charge is 0.124 e. The standard InChI is InChI=1S/C15H16N2S/c1-2-17(11-13-6-4-3-5-7-13)15(10-16)14-8-9-18-12-14/h3-9,12,15H,2,11H2,1H3. The van der Waals surface area contributed by atoms with E-state index < -0.39 is 0 Å². The Morgan fingerprint density at radius 3 is 2.61 bits per heavy atom. The second kappa shape index (κ2) is 6.34. The van der Waals surface area contributed by atoms with E-state index in [0.717, 1.165) is 18.7 Å². The summed E-state index contributed by atoms with van der Waals surface area (Å²) < 4.78 is 0. The molecule has 0 amide bonds. The van der Waals surface area contributed by atoms with Crippen LogP contribution in [0.4, 0.5) is 0 Å². The molecule has 2 aromatic rings. The Morgan fingerprint density at radius 1 is 1.28 bits per heavy atom. The Kier molecular flexibility index (Phi) is 4.52. The van der Waals surface area contributed by atoms with Crippen molar-refractivity contribution in [3.63, 3.8) is 0 Å². The lowest BCUT2D eigenvalue weighted by atomic mass is 10.1. The van der Waals surface area contributed by atoms with Crippen LogP contribution in [0.1, 0.15) is 24.1 Å².